The Labute approximate surface area is 95.4 Å². The van der Waals surface area contributed by atoms with E-state index < -0.39 is 0 Å². The van der Waals surface area contributed by atoms with Gasteiger partial charge in [0.1, 0.15) is 0 Å². The van der Waals surface area contributed by atoms with E-state index >= 15 is 0 Å². The quantitative estimate of drug-likeness (QED) is 0.773. The van der Waals surface area contributed by atoms with E-state index in [1.54, 1.807) is 13.0 Å². The molecule has 0 aliphatic rings. The Morgan fingerprint density at radius 3 is 2.88 bits per heavy atom. The van der Waals surface area contributed by atoms with Crippen LogP contribution in [0.25, 0.3) is 6.08 Å². The number of carbonyl (C=O) groups is 1. The number of carbonyl (C=O) groups excluding carboxylic acids is 1. The first kappa shape index (κ1) is 12.5. The highest BCUT2D eigenvalue weighted by Crippen LogP contribution is 2.10. The van der Waals surface area contributed by atoms with Gasteiger partial charge in [-0.15, -0.1) is 0 Å². The summed E-state index contributed by atoms with van der Waals surface area (Å²) < 4.78 is 4.80. The van der Waals surface area contributed by atoms with Gasteiger partial charge in [-0.25, -0.2) is 0 Å². The Bertz CT molecular complexity index is 369. The molecule has 0 fully saturated rings. The smallest absolute Gasteiger partial charge is 0.309 e. The number of hydrogen-bond donors (Lipinski definition) is 1. The van der Waals surface area contributed by atoms with Gasteiger partial charge >= 0.3 is 5.97 Å². The zero-order valence-electron chi connectivity index (χ0n) is 9.35. The molecule has 0 saturated heterocycles. The van der Waals surface area contributed by atoms with Crippen LogP contribution in [0.1, 0.15) is 24.5 Å². The lowest BCUT2D eigenvalue weighted by atomic mass is 10.1. The van der Waals surface area contributed by atoms with Crippen LogP contribution in [0.5, 0.6) is 0 Å². The Morgan fingerprint density at radius 2 is 2.19 bits per heavy atom. The number of hydrogen-bond acceptors (Lipinski definition) is 3. The molecule has 3 nitrogen and oxygen atoms in total. The van der Waals surface area contributed by atoms with Crippen molar-refractivity contribution in [2.24, 2.45) is 0 Å². The lowest BCUT2D eigenvalue weighted by Gasteiger charge is -2.01. The van der Waals surface area contributed by atoms with E-state index in [4.69, 9.17) is 9.84 Å². The number of esters is 1. The third-order valence-corrected chi connectivity index (χ3v) is 2.11. The van der Waals surface area contributed by atoms with Gasteiger partial charge in [0.15, 0.2) is 0 Å². The maximum Gasteiger partial charge on any atom is 0.309 e. The predicted octanol–water partition coefficient (Wildman–Crippen LogP) is 2.15. The molecule has 16 heavy (non-hydrogen) atoms. The highest BCUT2D eigenvalue weighted by Gasteiger charge is 1.98. The van der Waals surface area contributed by atoms with Crippen molar-refractivity contribution in [3.05, 3.63) is 41.5 Å². The van der Waals surface area contributed by atoms with Crippen LogP contribution in [0.4, 0.5) is 0 Å². The second-order valence-corrected chi connectivity index (χ2v) is 3.27. The molecule has 0 amide bonds. The molecule has 1 aromatic carbocycles. The molecule has 86 valence electrons. The van der Waals surface area contributed by atoms with Crippen molar-refractivity contribution in [1.29, 1.82) is 0 Å². The van der Waals surface area contributed by atoms with Crippen molar-refractivity contribution < 1.29 is 14.6 Å². The van der Waals surface area contributed by atoms with Gasteiger partial charge in [0.25, 0.3) is 0 Å². The van der Waals surface area contributed by atoms with Crippen LogP contribution in [0.3, 0.4) is 0 Å². The Balaban J connectivity index is 2.58. The first-order valence-electron chi connectivity index (χ1n) is 5.28. The van der Waals surface area contributed by atoms with Crippen LogP contribution in [-0.4, -0.2) is 17.7 Å². The molecule has 0 bridgehead atoms. The van der Waals surface area contributed by atoms with E-state index in [0.29, 0.717) is 6.61 Å². The normalized spacial score (nSPS) is 10.6. The molecule has 1 aromatic rings. The molecule has 1 N–H and O–H groups in total. The Kier molecular flexibility index (Phi) is 5.29. The topological polar surface area (TPSA) is 46.5 Å². The van der Waals surface area contributed by atoms with Crippen LogP contribution < -0.4 is 0 Å². The summed E-state index contributed by atoms with van der Waals surface area (Å²) in [4.78, 5) is 11.1. The maximum absolute atomic E-state index is 11.1. The van der Waals surface area contributed by atoms with Crippen LogP contribution in [-0.2, 0) is 16.1 Å². The zero-order chi connectivity index (χ0) is 11.8. The summed E-state index contributed by atoms with van der Waals surface area (Å²) in [5.74, 6) is -0.236. The number of aliphatic hydroxyl groups is 1. The van der Waals surface area contributed by atoms with Gasteiger partial charge in [-0.05, 0) is 18.1 Å². The lowest BCUT2D eigenvalue weighted by molar-refractivity contribution is -0.142. The van der Waals surface area contributed by atoms with Crippen molar-refractivity contribution >= 4 is 12.0 Å². The van der Waals surface area contributed by atoms with Gasteiger partial charge in [0.2, 0.25) is 0 Å². The van der Waals surface area contributed by atoms with Gasteiger partial charge in [-0.1, -0.05) is 36.4 Å². The van der Waals surface area contributed by atoms with Gasteiger partial charge in [-0.3, -0.25) is 4.79 Å². The molecule has 3 heteroatoms. The summed E-state index contributed by atoms with van der Waals surface area (Å²) in [5, 5.41) is 9.09. The van der Waals surface area contributed by atoms with E-state index in [0.717, 1.165) is 11.1 Å². The molecule has 0 radical (unpaired) electrons. The second-order valence-electron chi connectivity index (χ2n) is 3.27. The van der Waals surface area contributed by atoms with Crippen LogP contribution in [0.15, 0.2) is 30.3 Å². The third-order valence-electron chi connectivity index (χ3n) is 2.11. The maximum atomic E-state index is 11.1. The highest BCUT2D eigenvalue weighted by molar-refractivity contribution is 5.72. The molecule has 1 rings (SSSR count). The van der Waals surface area contributed by atoms with Crippen molar-refractivity contribution in [2.75, 3.05) is 6.61 Å². The van der Waals surface area contributed by atoms with Crippen molar-refractivity contribution in [3.8, 4) is 0 Å². The molecule has 0 atom stereocenters. The molecule has 0 spiro atoms. The second kappa shape index (κ2) is 6.80. The van der Waals surface area contributed by atoms with E-state index in [1.807, 2.05) is 30.3 Å². The third kappa shape index (κ3) is 3.87. The average molecular weight is 220 g/mol. The van der Waals surface area contributed by atoms with Crippen molar-refractivity contribution in [1.82, 2.24) is 0 Å². The number of benzene rings is 1. The average Bonchev–Trinajstić information content (AvgIpc) is 2.30. The highest BCUT2D eigenvalue weighted by atomic mass is 16.5. The Hall–Kier alpha value is -1.61. The van der Waals surface area contributed by atoms with Gasteiger partial charge in [-0.2, -0.15) is 0 Å². The number of aliphatic hydroxyl groups excluding tert-OH is 1. The summed E-state index contributed by atoms with van der Waals surface area (Å²) in [6, 6.07) is 7.51. The van der Waals surface area contributed by atoms with Gasteiger partial charge in [0, 0.05) is 0 Å². The molecule has 0 aliphatic heterocycles. The molecule has 0 aliphatic carbocycles. The zero-order valence-corrected chi connectivity index (χ0v) is 9.35. The Morgan fingerprint density at radius 1 is 1.44 bits per heavy atom. The summed E-state index contributed by atoms with van der Waals surface area (Å²) in [7, 11) is 0. The molecule has 0 unspecified atom stereocenters. The van der Waals surface area contributed by atoms with Crippen LogP contribution in [0.2, 0.25) is 0 Å². The minimum absolute atomic E-state index is 0.0000796. The molecule has 0 aromatic heterocycles. The van der Waals surface area contributed by atoms with Gasteiger partial charge < -0.3 is 9.84 Å². The van der Waals surface area contributed by atoms with E-state index in [2.05, 4.69) is 0 Å². The monoisotopic (exact) mass is 220 g/mol. The summed E-state index contributed by atoms with van der Waals surface area (Å²) >= 11 is 0. The fourth-order valence-electron chi connectivity index (χ4n) is 1.34. The fraction of sp³-hybridized carbons (Fsp3) is 0.308. The minimum atomic E-state index is -0.236. The van der Waals surface area contributed by atoms with E-state index in [1.165, 1.54) is 0 Å². The standard InChI is InChI=1S/C13H16O3/c1-2-16-13(15)9-5-8-11-6-3-4-7-12(11)10-14/h3-8,14H,2,9-10H2,1H3. The van der Waals surface area contributed by atoms with Crippen LogP contribution >= 0.6 is 0 Å². The molecule has 0 saturated carbocycles. The minimum Gasteiger partial charge on any atom is -0.466 e. The fourth-order valence-corrected chi connectivity index (χ4v) is 1.34. The van der Waals surface area contributed by atoms with E-state index in [-0.39, 0.29) is 19.0 Å². The largest absolute Gasteiger partial charge is 0.466 e. The SMILES string of the molecule is CCOC(=O)CC=Cc1ccccc1CO. The summed E-state index contributed by atoms with van der Waals surface area (Å²) in [6.45, 7) is 2.18. The molecular weight excluding hydrogens is 204 g/mol. The van der Waals surface area contributed by atoms with Crippen molar-refractivity contribution in [3.63, 3.8) is 0 Å². The lowest BCUT2D eigenvalue weighted by Crippen LogP contribution is -2.01. The first-order valence-corrected chi connectivity index (χ1v) is 5.28. The summed E-state index contributed by atoms with van der Waals surface area (Å²) in [6.07, 6.45) is 3.82. The van der Waals surface area contributed by atoms with Gasteiger partial charge in [0.05, 0.1) is 19.6 Å². The first-order chi connectivity index (χ1) is 7.77. The number of rotatable bonds is 5. The molecular formula is C13H16O3. The van der Waals surface area contributed by atoms with E-state index in [9.17, 15) is 4.79 Å². The predicted molar refractivity (Wildman–Crippen MR) is 62.6 cm³/mol. The van der Waals surface area contributed by atoms with Crippen molar-refractivity contribution in [2.45, 2.75) is 20.0 Å². The number of ether oxygens (including phenoxy) is 1. The van der Waals surface area contributed by atoms with Crippen LogP contribution in [0, 0.1) is 0 Å². The summed E-state index contributed by atoms with van der Waals surface area (Å²) in [5.41, 5.74) is 1.77. The molecule has 0 heterocycles.